The highest BCUT2D eigenvalue weighted by Gasteiger charge is 2.16. The van der Waals surface area contributed by atoms with Crippen LogP contribution in [0.25, 0.3) is 11.4 Å². The Morgan fingerprint density at radius 3 is 2.83 bits per heavy atom. The van der Waals surface area contributed by atoms with E-state index in [-0.39, 0.29) is 0 Å². The second-order valence-electron chi connectivity index (χ2n) is 5.72. The van der Waals surface area contributed by atoms with Gasteiger partial charge in [0.15, 0.2) is 5.96 Å². The molecular formula is C16H20ClN5O. The van der Waals surface area contributed by atoms with Crippen molar-refractivity contribution >= 4 is 17.6 Å². The first kappa shape index (κ1) is 15.8. The van der Waals surface area contributed by atoms with Crippen LogP contribution in [0.15, 0.2) is 33.8 Å². The largest absolute Gasteiger partial charge is 0.370 e. The SMILES string of the molecule is NC(=NCC1CCC1)NCCc1nc(-c2ccc(Cl)cc2)no1. The highest BCUT2D eigenvalue weighted by atomic mass is 35.5. The van der Waals surface area contributed by atoms with Crippen molar-refractivity contribution in [2.45, 2.75) is 25.7 Å². The van der Waals surface area contributed by atoms with E-state index in [1.807, 2.05) is 12.1 Å². The van der Waals surface area contributed by atoms with Crippen molar-refractivity contribution in [2.24, 2.45) is 16.6 Å². The van der Waals surface area contributed by atoms with Crippen LogP contribution in [-0.4, -0.2) is 29.2 Å². The zero-order valence-corrected chi connectivity index (χ0v) is 13.6. The van der Waals surface area contributed by atoms with Gasteiger partial charge in [0.2, 0.25) is 11.7 Å². The quantitative estimate of drug-likeness (QED) is 0.626. The average Bonchev–Trinajstić information content (AvgIpc) is 2.95. The molecule has 0 bridgehead atoms. The van der Waals surface area contributed by atoms with Gasteiger partial charge < -0.3 is 15.6 Å². The fraction of sp³-hybridized carbons (Fsp3) is 0.438. The van der Waals surface area contributed by atoms with Crippen molar-refractivity contribution in [3.63, 3.8) is 0 Å². The first-order valence-electron chi connectivity index (χ1n) is 7.83. The number of nitrogens with zero attached hydrogens (tertiary/aromatic N) is 3. The van der Waals surface area contributed by atoms with Crippen molar-refractivity contribution in [1.82, 2.24) is 15.5 Å². The van der Waals surface area contributed by atoms with Crippen molar-refractivity contribution in [1.29, 1.82) is 0 Å². The van der Waals surface area contributed by atoms with E-state index in [1.54, 1.807) is 12.1 Å². The molecule has 3 rings (SSSR count). The molecule has 6 nitrogen and oxygen atoms in total. The molecule has 2 aromatic rings. The Morgan fingerprint density at radius 1 is 1.35 bits per heavy atom. The van der Waals surface area contributed by atoms with Gasteiger partial charge in [0, 0.05) is 30.1 Å². The summed E-state index contributed by atoms with van der Waals surface area (Å²) >= 11 is 5.86. The Balaban J connectivity index is 1.46. The van der Waals surface area contributed by atoms with Gasteiger partial charge in [-0.1, -0.05) is 23.2 Å². The summed E-state index contributed by atoms with van der Waals surface area (Å²) in [6.45, 7) is 1.43. The Hall–Kier alpha value is -2.08. The Kier molecular flexibility index (Phi) is 5.12. The number of halogens is 1. The van der Waals surface area contributed by atoms with Crippen LogP contribution in [0, 0.1) is 5.92 Å². The summed E-state index contributed by atoms with van der Waals surface area (Å²) in [5.41, 5.74) is 6.71. The minimum atomic E-state index is 0.481. The predicted octanol–water partition coefficient (Wildman–Crippen LogP) is 2.64. The lowest BCUT2D eigenvalue weighted by molar-refractivity contribution is 0.326. The van der Waals surface area contributed by atoms with Crippen LogP contribution in [0.2, 0.25) is 5.02 Å². The van der Waals surface area contributed by atoms with Crippen LogP contribution in [0.1, 0.15) is 25.2 Å². The number of aliphatic imine (C=N–C) groups is 1. The molecule has 23 heavy (non-hydrogen) atoms. The molecule has 7 heteroatoms. The number of hydrogen-bond donors (Lipinski definition) is 2. The number of guanidine groups is 1. The van der Waals surface area contributed by atoms with Gasteiger partial charge in [-0.15, -0.1) is 0 Å². The Morgan fingerprint density at radius 2 is 2.13 bits per heavy atom. The number of rotatable bonds is 6. The first-order chi connectivity index (χ1) is 11.2. The molecule has 0 saturated heterocycles. The molecule has 1 aliphatic carbocycles. The summed E-state index contributed by atoms with van der Waals surface area (Å²) in [4.78, 5) is 8.70. The molecule has 0 amide bonds. The summed E-state index contributed by atoms with van der Waals surface area (Å²) in [5, 5.41) is 7.73. The van der Waals surface area contributed by atoms with Gasteiger partial charge in [-0.05, 0) is 43.0 Å². The van der Waals surface area contributed by atoms with Gasteiger partial charge in [0.25, 0.3) is 0 Å². The van der Waals surface area contributed by atoms with Crippen LogP contribution in [-0.2, 0) is 6.42 Å². The number of nitrogens with one attached hydrogen (secondary N) is 1. The maximum Gasteiger partial charge on any atom is 0.228 e. The lowest BCUT2D eigenvalue weighted by atomic mass is 9.86. The van der Waals surface area contributed by atoms with Gasteiger partial charge in [-0.3, -0.25) is 4.99 Å². The smallest absolute Gasteiger partial charge is 0.228 e. The summed E-state index contributed by atoms with van der Waals surface area (Å²) in [6.07, 6.45) is 4.46. The molecule has 1 fully saturated rings. The molecule has 1 aliphatic rings. The third kappa shape index (κ3) is 4.45. The molecule has 122 valence electrons. The monoisotopic (exact) mass is 333 g/mol. The molecular weight excluding hydrogens is 314 g/mol. The van der Waals surface area contributed by atoms with Crippen molar-refractivity contribution in [3.8, 4) is 11.4 Å². The molecule has 0 atom stereocenters. The second-order valence-corrected chi connectivity index (χ2v) is 6.15. The van der Waals surface area contributed by atoms with E-state index in [1.165, 1.54) is 19.3 Å². The zero-order chi connectivity index (χ0) is 16.1. The summed E-state index contributed by atoms with van der Waals surface area (Å²) in [5.74, 6) is 2.32. The fourth-order valence-electron chi connectivity index (χ4n) is 2.33. The third-order valence-electron chi connectivity index (χ3n) is 3.96. The molecule has 1 aromatic carbocycles. The van der Waals surface area contributed by atoms with E-state index in [0.717, 1.165) is 12.1 Å². The lowest BCUT2D eigenvalue weighted by Crippen LogP contribution is -2.34. The summed E-state index contributed by atoms with van der Waals surface area (Å²) < 4.78 is 5.24. The van der Waals surface area contributed by atoms with Gasteiger partial charge >= 0.3 is 0 Å². The van der Waals surface area contributed by atoms with E-state index in [2.05, 4.69) is 20.4 Å². The second kappa shape index (κ2) is 7.46. The molecule has 0 aliphatic heterocycles. The van der Waals surface area contributed by atoms with Crippen LogP contribution >= 0.6 is 11.6 Å². The summed E-state index contributed by atoms with van der Waals surface area (Å²) in [7, 11) is 0. The number of hydrogen-bond acceptors (Lipinski definition) is 4. The van der Waals surface area contributed by atoms with E-state index >= 15 is 0 Å². The van der Waals surface area contributed by atoms with E-state index in [9.17, 15) is 0 Å². The number of aromatic nitrogens is 2. The Bertz CT molecular complexity index is 663. The van der Waals surface area contributed by atoms with Crippen LogP contribution < -0.4 is 11.1 Å². The van der Waals surface area contributed by atoms with Crippen LogP contribution in [0.3, 0.4) is 0 Å². The van der Waals surface area contributed by atoms with Gasteiger partial charge in [-0.2, -0.15) is 4.98 Å². The molecule has 1 aromatic heterocycles. The highest BCUT2D eigenvalue weighted by Crippen LogP contribution is 2.26. The molecule has 1 saturated carbocycles. The minimum Gasteiger partial charge on any atom is -0.370 e. The van der Waals surface area contributed by atoms with Crippen molar-refractivity contribution in [2.75, 3.05) is 13.1 Å². The predicted molar refractivity (Wildman–Crippen MR) is 90.3 cm³/mol. The molecule has 1 heterocycles. The topological polar surface area (TPSA) is 89.3 Å². The van der Waals surface area contributed by atoms with E-state index < -0.39 is 0 Å². The zero-order valence-electron chi connectivity index (χ0n) is 12.8. The van der Waals surface area contributed by atoms with Crippen molar-refractivity contribution in [3.05, 3.63) is 35.2 Å². The molecule has 0 radical (unpaired) electrons. The third-order valence-corrected chi connectivity index (χ3v) is 4.21. The normalized spacial score (nSPS) is 15.4. The van der Waals surface area contributed by atoms with Crippen LogP contribution in [0.4, 0.5) is 0 Å². The lowest BCUT2D eigenvalue weighted by Gasteiger charge is -2.23. The maximum absolute atomic E-state index is 5.86. The highest BCUT2D eigenvalue weighted by molar-refractivity contribution is 6.30. The van der Waals surface area contributed by atoms with E-state index in [4.69, 9.17) is 21.9 Å². The van der Waals surface area contributed by atoms with Crippen LogP contribution in [0.5, 0.6) is 0 Å². The maximum atomic E-state index is 5.86. The van der Waals surface area contributed by atoms with Gasteiger partial charge in [0.1, 0.15) is 0 Å². The first-order valence-corrected chi connectivity index (χ1v) is 8.21. The number of nitrogens with two attached hydrogens (primary N) is 1. The molecule has 0 spiro atoms. The van der Waals surface area contributed by atoms with Gasteiger partial charge in [-0.25, -0.2) is 0 Å². The molecule has 0 unspecified atom stereocenters. The molecule has 3 N–H and O–H groups in total. The standard InChI is InChI=1S/C16H20ClN5O/c17-13-6-4-12(5-7-13)15-21-14(23-22-15)8-9-19-16(18)20-10-11-2-1-3-11/h4-7,11H,1-3,8-10H2,(H3,18,19,20). The summed E-state index contributed by atoms with van der Waals surface area (Å²) in [6, 6.07) is 7.32. The average molecular weight is 334 g/mol. The minimum absolute atomic E-state index is 0.481. The number of benzene rings is 1. The van der Waals surface area contributed by atoms with Crippen molar-refractivity contribution < 1.29 is 4.52 Å². The fourth-order valence-corrected chi connectivity index (χ4v) is 2.45. The van der Waals surface area contributed by atoms with E-state index in [0.29, 0.717) is 41.6 Å². The Labute approximate surface area is 140 Å². The van der Waals surface area contributed by atoms with Gasteiger partial charge in [0.05, 0.1) is 0 Å².